The van der Waals surface area contributed by atoms with Crippen molar-refractivity contribution in [3.63, 3.8) is 0 Å². The van der Waals surface area contributed by atoms with E-state index >= 15 is 0 Å². The Kier molecular flexibility index (Phi) is 2.57. The van der Waals surface area contributed by atoms with Crippen LogP contribution in [0.5, 0.6) is 0 Å². The van der Waals surface area contributed by atoms with Gasteiger partial charge in [-0.2, -0.15) is 0 Å². The van der Waals surface area contributed by atoms with E-state index in [1.165, 1.54) is 6.07 Å². The van der Waals surface area contributed by atoms with E-state index < -0.39 is 0 Å². The van der Waals surface area contributed by atoms with Crippen LogP contribution in [-0.2, 0) is 0 Å². The Bertz CT molecular complexity index is 282. The van der Waals surface area contributed by atoms with Crippen LogP contribution in [0.15, 0.2) is 24.3 Å². The van der Waals surface area contributed by atoms with Crippen molar-refractivity contribution < 1.29 is 4.39 Å². The highest BCUT2D eigenvalue weighted by Crippen LogP contribution is 2.14. The molecular weight excluding hydrogens is 167 g/mol. The summed E-state index contributed by atoms with van der Waals surface area (Å²) in [5.41, 5.74) is 1.02. The van der Waals surface area contributed by atoms with Crippen LogP contribution in [0.25, 0.3) is 0 Å². The number of piperazine rings is 1. The standard InChI is InChI=1S/C10H13FN2/c11-9-3-1-2-8(6-9)10-7-12-4-5-13-10/h1-3,6,10,12-13H,4-5,7H2. The SMILES string of the molecule is Fc1cccc(C2CNCCN2)c1. The van der Waals surface area contributed by atoms with Crippen molar-refractivity contribution in [1.82, 2.24) is 10.6 Å². The number of benzene rings is 1. The molecule has 1 fully saturated rings. The van der Waals surface area contributed by atoms with Crippen LogP contribution in [0.4, 0.5) is 4.39 Å². The lowest BCUT2D eigenvalue weighted by atomic mass is 10.1. The molecule has 0 aliphatic carbocycles. The summed E-state index contributed by atoms with van der Waals surface area (Å²) in [5.74, 6) is -0.162. The summed E-state index contributed by atoms with van der Waals surface area (Å²) in [5, 5.41) is 6.60. The molecule has 70 valence electrons. The highest BCUT2D eigenvalue weighted by Gasteiger charge is 2.13. The zero-order valence-electron chi connectivity index (χ0n) is 7.39. The molecule has 1 aromatic carbocycles. The van der Waals surface area contributed by atoms with Gasteiger partial charge in [0.05, 0.1) is 0 Å². The molecule has 1 atom stereocenters. The topological polar surface area (TPSA) is 24.1 Å². The first-order valence-corrected chi connectivity index (χ1v) is 4.56. The van der Waals surface area contributed by atoms with E-state index in [-0.39, 0.29) is 11.9 Å². The number of hydrogen-bond acceptors (Lipinski definition) is 2. The van der Waals surface area contributed by atoms with E-state index in [9.17, 15) is 4.39 Å². The summed E-state index contributed by atoms with van der Waals surface area (Å²) < 4.78 is 12.9. The molecule has 1 unspecified atom stereocenters. The second-order valence-corrected chi connectivity index (χ2v) is 3.27. The predicted molar refractivity (Wildman–Crippen MR) is 50.0 cm³/mol. The van der Waals surface area contributed by atoms with Crippen molar-refractivity contribution in [3.8, 4) is 0 Å². The Morgan fingerprint density at radius 1 is 1.31 bits per heavy atom. The number of nitrogens with one attached hydrogen (secondary N) is 2. The molecule has 3 heteroatoms. The normalized spacial score (nSPS) is 23.0. The van der Waals surface area contributed by atoms with Gasteiger partial charge in [0.15, 0.2) is 0 Å². The van der Waals surface area contributed by atoms with Gasteiger partial charge in [-0.1, -0.05) is 12.1 Å². The summed E-state index contributed by atoms with van der Waals surface area (Å²) in [7, 11) is 0. The summed E-state index contributed by atoms with van der Waals surface area (Å²) in [6.07, 6.45) is 0. The fraction of sp³-hybridized carbons (Fsp3) is 0.400. The summed E-state index contributed by atoms with van der Waals surface area (Å²) in [4.78, 5) is 0. The third-order valence-electron chi connectivity index (χ3n) is 2.29. The Morgan fingerprint density at radius 2 is 2.23 bits per heavy atom. The fourth-order valence-electron chi connectivity index (χ4n) is 1.61. The smallest absolute Gasteiger partial charge is 0.123 e. The molecule has 0 aromatic heterocycles. The van der Waals surface area contributed by atoms with Crippen LogP contribution in [0.3, 0.4) is 0 Å². The average molecular weight is 180 g/mol. The lowest BCUT2D eigenvalue weighted by molar-refractivity contribution is 0.428. The van der Waals surface area contributed by atoms with E-state index in [2.05, 4.69) is 10.6 Å². The zero-order valence-corrected chi connectivity index (χ0v) is 7.39. The lowest BCUT2D eigenvalue weighted by Gasteiger charge is -2.24. The van der Waals surface area contributed by atoms with Gasteiger partial charge in [-0.3, -0.25) is 0 Å². The summed E-state index contributed by atoms with van der Waals surface area (Å²) >= 11 is 0. The molecule has 2 nitrogen and oxygen atoms in total. The summed E-state index contributed by atoms with van der Waals surface area (Å²) in [6.45, 7) is 2.82. The van der Waals surface area contributed by atoms with Crippen molar-refractivity contribution in [1.29, 1.82) is 0 Å². The molecule has 0 amide bonds. The molecule has 1 saturated heterocycles. The molecule has 2 N–H and O–H groups in total. The second kappa shape index (κ2) is 3.85. The largest absolute Gasteiger partial charge is 0.314 e. The quantitative estimate of drug-likeness (QED) is 0.675. The monoisotopic (exact) mass is 180 g/mol. The minimum atomic E-state index is -0.162. The Hall–Kier alpha value is -0.930. The molecule has 0 radical (unpaired) electrons. The molecule has 2 rings (SSSR count). The molecule has 1 aliphatic heterocycles. The van der Waals surface area contributed by atoms with Gasteiger partial charge in [0.1, 0.15) is 5.82 Å². The maximum Gasteiger partial charge on any atom is 0.123 e. The first-order chi connectivity index (χ1) is 6.36. The van der Waals surface area contributed by atoms with Crippen molar-refractivity contribution in [2.75, 3.05) is 19.6 Å². The Balaban J connectivity index is 2.14. The molecule has 0 spiro atoms. The van der Waals surface area contributed by atoms with Gasteiger partial charge in [-0.05, 0) is 17.7 Å². The van der Waals surface area contributed by atoms with Crippen molar-refractivity contribution >= 4 is 0 Å². The van der Waals surface area contributed by atoms with E-state index in [1.54, 1.807) is 12.1 Å². The van der Waals surface area contributed by atoms with E-state index in [1.807, 2.05) is 6.07 Å². The van der Waals surface area contributed by atoms with E-state index in [4.69, 9.17) is 0 Å². The third kappa shape index (κ3) is 2.05. The van der Waals surface area contributed by atoms with Crippen LogP contribution >= 0.6 is 0 Å². The first kappa shape index (κ1) is 8.66. The molecule has 0 saturated carbocycles. The van der Waals surface area contributed by atoms with Gasteiger partial charge in [0, 0.05) is 25.7 Å². The number of rotatable bonds is 1. The molecule has 1 aromatic rings. The average Bonchev–Trinajstić information content (AvgIpc) is 2.19. The van der Waals surface area contributed by atoms with Gasteiger partial charge >= 0.3 is 0 Å². The second-order valence-electron chi connectivity index (χ2n) is 3.27. The fourth-order valence-corrected chi connectivity index (χ4v) is 1.61. The van der Waals surface area contributed by atoms with Gasteiger partial charge in [-0.25, -0.2) is 4.39 Å². The number of halogens is 1. The van der Waals surface area contributed by atoms with Crippen molar-refractivity contribution in [2.24, 2.45) is 0 Å². The van der Waals surface area contributed by atoms with Gasteiger partial charge in [0.25, 0.3) is 0 Å². The van der Waals surface area contributed by atoms with Crippen LogP contribution in [-0.4, -0.2) is 19.6 Å². The molecule has 0 bridgehead atoms. The Morgan fingerprint density at radius 3 is 2.92 bits per heavy atom. The maximum atomic E-state index is 12.9. The number of hydrogen-bond donors (Lipinski definition) is 2. The van der Waals surface area contributed by atoms with Gasteiger partial charge in [0.2, 0.25) is 0 Å². The Labute approximate surface area is 77.2 Å². The molecular formula is C10H13FN2. The van der Waals surface area contributed by atoms with Gasteiger partial charge in [-0.15, -0.1) is 0 Å². The molecule has 13 heavy (non-hydrogen) atoms. The van der Waals surface area contributed by atoms with Crippen molar-refractivity contribution in [2.45, 2.75) is 6.04 Å². The van der Waals surface area contributed by atoms with E-state index in [0.717, 1.165) is 25.2 Å². The third-order valence-corrected chi connectivity index (χ3v) is 2.29. The van der Waals surface area contributed by atoms with E-state index in [0.29, 0.717) is 0 Å². The van der Waals surface area contributed by atoms with Crippen LogP contribution < -0.4 is 10.6 Å². The molecule has 1 heterocycles. The van der Waals surface area contributed by atoms with Crippen molar-refractivity contribution in [3.05, 3.63) is 35.6 Å². The highest BCUT2D eigenvalue weighted by molar-refractivity contribution is 5.20. The minimum Gasteiger partial charge on any atom is -0.314 e. The first-order valence-electron chi connectivity index (χ1n) is 4.56. The zero-order chi connectivity index (χ0) is 9.10. The minimum absolute atomic E-state index is 0.162. The highest BCUT2D eigenvalue weighted by atomic mass is 19.1. The maximum absolute atomic E-state index is 12.9. The summed E-state index contributed by atoms with van der Waals surface area (Å²) in [6, 6.07) is 7.02. The van der Waals surface area contributed by atoms with Crippen LogP contribution in [0.2, 0.25) is 0 Å². The van der Waals surface area contributed by atoms with Gasteiger partial charge < -0.3 is 10.6 Å². The molecule has 1 aliphatic rings. The predicted octanol–water partition coefficient (Wildman–Crippen LogP) is 1.06. The van der Waals surface area contributed by atoms with Crippen LogP contribution in [0, 0.1) is 5.82 Å². The lowest BCUT2D eigenvalue weighted by Crippen LogP contribution is -2.42. The van der Waals surface area contributed by atoms with Crippen LogP contribution in [0.1, 0.15) is 11.6 Å².